The van der Waals surface area contributed by atoms with Gasteiger partial charge >= 0.3 is 0 Å². The summed E-state index contributed by atoms with van der Waals surface area (Å²) in [7, 11) is 0. The first-order chi connectivity index (χ1) is 12.0. The summed E-state index contributed by atoms with van der Waals surface area (Å²) < 4.78 is 1.69. The number of nitro benzene ring substituents is 1. The summed E-state index contributed by atoms with van der Waals surface area (Å²) in [6, 6.07) is 11.4. The SMILES string of the molecule is Cc1ccc(-c2n[nH]c(=S)n2/N=C\c2ccc([O-])c([N+](=O)[O-])c2)cc1. The summed E-state index contributed by atoms with van der Waals surface area (Å²) >= 11 is 5.18. The summed E-state index contributed by atoms with van der Waals surface area (Å²) in [5.41, 5.74) is 1.83. The van der Waals surface area contributed by atoms with Crippen molar-refractivity contribution >= 4 is 24.1 Å². The lowest BCUT2D eigenvalue weighted by Gasteiger charge is -2.06. The van der Waals surface area contributed by atoms with Crippen molar-refractivity contribution in [2.45, 2.75) is 6.92 Å². The number of hydrogen-bond donors (Lipinski definition) is 1. The molecule has 0 aliphatic heterocycles. The topological polar surface area (TPSA) is 112 Å². The maximum atomic E-state index is 11.4. The summed E-state index contributed by atoms with van der Waals surface area (Å²) in [6.45, 7) is 1.98. The minimum absolute atomic E-state index is 0.279. The van der Waals surface area contributed by atoms with Gasteiger partial charge in [-0.25, -0.2) is 5.10 Å². The van der Waals surface area contributed by atoms with Crippen molar-refractivity contribution < 1.29 is 10.0 Å². The maximum absolute atomic E-state index is 11.4. The Balaban J connectivity index is 1.99. The van der Waals surface area contributed by atoms with E-state index in [-0.39, 0.29) is 4.77 Å². The Morgan fingerprint density at radius 2 is 2.00 bits per heavy atom. The summed E-state index contributed by atoms with van der Waals surface area (Å²) in [5, 5.41) is 33.4. The van der Waals surface area contributed by atoms with Gasteiger partial charge in [-0.05, 0) is 24.9 Å². The lowest BCUT2D eigenvalue weighted by Crippen LogP contribution is -1.99. The number of aromatic nitrogens is 3. The van der Waals surface area contributed by atoms with Crippen LogP contribution in [0.25, 0.3) is 11.4 Å². The molecule has 25 heavy (non-hydrogen) atoms. The van der Waals surface area contributed by atoms with Crippen LogP contribution in [-0.4, -0.2) is 26.0 Å². The molecular weight excluding hydrogens is 342 g/mol. The molecule has 0 saturated heterocycles. The molecule has 0 spiro atoms. The number of nitrogens with one attached hydrogen (secondary N) is 1. The van der Waals surface area contributed by atoms with E-state index in [0.29, 0.717) is 11.4 Å². The molecule has 0 atom stereocenters. The van der Waals surface area contributed by atoms with Crippen LogP contribution in [0.5, 0.6) is 5.75 Å². The number of rotatable bonds is 4. The van der Waals surface area contributed by atoms with Gasteiger partial charge in [-0.15, -0.1) is 0 Å². The van der Waals surface area contributed by atoms with Gasteiger partial charge in [-0.3, -0.25) is 10.1 Å². The van der Waals surface area contributed by atoms with E-state index in [9.17, 15) is 15.2 Å². The molecule has 0 fully saturated rings. The van der Waals surface area contributed by atoms with E-state index in [4.69, 9.17) is 12.2 Å². The molecule has 0 aliphatic rings. The first-order valence-electron chi connectivity index (χ1n) is 7.20. The van der Waals surface area contributed by atoms with E-state index < -0.39 is 16.4 Å². The molecule has 0 unspecified atom stereocenters. The van der Waals surface area contributed by atoms with Crippen LogP contribution in [0.1, 0.15) is 11.1 Å². The van der Waals surface area contributed by atoms with Crippen LogP contribution >= 0.6 is 12.2 Å². The van der Waals surface area contributed by atoms with Crippen molar-refractivity contribution in [1.29, 1.82) is 0 Å². The fraction of sp³-hybridized carbons (Fsp3) is 0.0625. The Morgan fingerprint density at radius 3 is 2.68 bits per heavy atom. The second-order valence-corrected chi connectivity index (χ2v) is 5.65. The van der Waals surface area contributed by atoms with Crippen molar-refractivity contribution in [1.82, 2.24) is 14.9 Å². The van der Waals surface area contributed by atoms with Crippen molar-refractivity contribution in [3.05, 3.63) is 68.5 Å². The number of benzene rings is 2. The van der Waals surface area contributed by atoms with Gasteiger partial charge in [0.1, 0.15) is 0 Å². The number of aromatic amines is 1. The van der Waals surface area contributed by atoms with E-state index in [1.165, 1.54) is 23.0 Å². The standard InChI is InChI=1S/C16H13N5O3S/c1-10-2-5-12(6-3-10)15-18-19-16(25)20(15)17-9-11-4-7-14(22)13(8-11)21(23)24/h2-9,22H,1H3,(H,19,25)/p-1/b17-9-. The van der Waals surface area contributed by atoms with Crippen LogP contribution in [0.3, 0.4) is 0 Å². The van der Waals surface area contributed by atoms with E-state index in [0.717, 1.165) is 17.2 Å². The van der Waals surface area contributed by atoms with Gasteiger partial charge < -0.3 is 5.11 Å². The van der Waals surface area contributed by atoms with Gasteiger partial charge in [-0.2, -0.15) is 14.9 Å². The molecule has 2 aromatic carbocycles. The molecule has 0 aliphatic carbocycles. The molecule has 1 heterocycles. The minimum atomic E-state index is -0.721. The number of H-pyrrole nitrogens is 1. The summed E-state index contributed by atoms with van der Waals surface area (Å²) in [4.78, 5) is 10.1. The van der Waals surface area contributed by atoms with Gasteiger partial charge in [0.2, 0.25) is 4.77 Å². The maximum Gasteiger partial charge on any atom is 0.262 e. The lowest BCUT2D eigenvalue weighted by atomic mass is 10.1. The fourth-order valence-corrected chi connectivity index (χ4v) is 2.35. The Bertz CT molecular complexity index is 1020. The van der Waals surface area contributed by atoms with Crippen molar-refractivity contribution in [2.75, 3.05) is 0 Å². The third-order valence-corrected chi connectivity index (χ3v) is 3.73. The number of nitrogens with zero attached hydrogens (tertiary/aromatic N) is 4. The van der Waals surface area contributed by atoms with E-state index in [2.05, 4.69) is 15.3 Å². The van der Waals surface area contributed by atoms with Crippen LogP contribution in [0.4, 0.5) is 5.69 Å². The summed E-state index contributed by atoms with van der Waals surface area (Å²) in [6.07, 6.45) is 1.38. The fourth-order valence-electron chi connectivity index (χ4n) is 2.17. The number of nitro groups is 1. The smallest absolute Gasteiger partial charge is 0.262 e. The second-order valence-electron chi connectivity index (χ2n) is 5.26. The molecule has 0 radical (unpaired) electrons. The van der Waals surface area contributed by atoms with Gasteiger partial charge in [0.15, 0.2) is 5.82 Å². The van der Waals surface area contributed by atoms with Crippen molar-refractivity contribution in [3.63, 3.8) is 0 Å². The third kappa shape index (κ3) is 3.45. The number of aryl methyl sites for hydroxylation is 1. The largest absolute Gasteiger partial charge is 0.868 e. The predicted octanol–water partition coefficient (Wildman–Crippen LogP) is 2.78. The minimum Gasteiger partial charge on any atom is -0.868 e. The van der Waals surface area contributed by atoms with Gasteiger partial charge in [0.05, 0.1) is 11.1 Å². The van der Waals surface area contributed by atoms with E-state index in [1.807, 2.05) is 31.2 Å². The highest BCUT2D eigenvalue weighted by Crippen LogP contribution is 2.23. The highest BCUT2D eigenvalue weighted by molar-refractivity contribution is 7.71. The zero-order chi connectivity index (χ0) is 18.0. The molecule has 3 rings (SSSR count). The van der Waals surface area contributed by atoms with Crippen LogP contribution in [-0.2, 0) is 0 Å². The zero-order valence-electron chi connectivity index (χ0n) is 13.0. The van der Waals surface area contributed by atoms with Gasteiger partial charge in [0, 0.05) is 17.2 Å². The molecule has 1 aromatic heterocycles. The molecule has 0 saturated carbocycles. The monoisotopic (exact) mass is 354 g/mol. The van der Waals surface area contributed by atoms with E-state index >= 15 is 0 Å². The molecule has 3 aromatic rings. The Hall–Kier alpha value is -3.33. The van der Waals surface area contributed by atoms with Crippen molar-refractivity contribution in [3.8, 4) is 17.1 Å². The number of hydrogen-bond acceptors (Lipinski definition) is 6. The summed E-state index contributed by atoms with van der Waals surface area (Å²) in [5.74, 6) is -0.140. The Labute approximate surface area is 147 Å². The van der Waals surface area contributed by atoms with Crippen LogP contribution in [0.15, 0.2) is 47.6 Å². The lowest BCUT2D eigenvalue weighted by molar-refractivity contribution is -0.398. The van der Waals surface area contributed by atoms with E-state index in [1.54, 1.807) is 0 Å². The van der Waals surface area contributed by atoms with Crippen LogP contribution in [0, 0.1) is 21.8 Å². The second kappa shape index (κ2) is 6.65. The van der Waals surface area contributed by atoms with Gasteiger partial charge in [-0.1, -0.05) is 42.0 Å². The highest BCUT2D eigenvalue weighted by Gasteiger charge is 2.09. The zero-order valence-corrected chi connectivity index (χ0v) is 13.9. The third-order valence-electron chi connectivity index (χ3n) is 3.46. The van der Waals surface area contributed by atoms with Gasteiger partial charge in [0.25, 0.3) is 5.69 Å². The average Bonchev–Trinajstić information content (AvgIpc) is 2.95. The highest BCUT2D eigenvalue weighted by atomic mass is 32.1. The molecule has 1 N–H and O–H groups in total. The normalized spacial score (nSPS) is 11.1. The average molecular weight is 354 g/mol. The first kappa shape index (κ1) is 16.5. The molecule has 0 amide bonds. The van der Waals surface area contributed by atoms with Crippen molar-refractivity contribution in [2.24, 2.45) is 5.10 Å². The molecular formula is C16H12N5O3S-. The molecule has 9 heteroatoms. The molecule has 126 valence electrons. The van der Waals surface area contributed by atoms with Crippen LogP contribution in [0.2, 0.25) is 0 Å². The quantitative estimate of drug-likeness (QED) is 0.335. The first-order valence-corrected chi connectivity index (χ1v) is 7.61. The van der Waals surface area contributed by atoms with Crippen LogP contribution < -0.4 is 5.11 Å². The molecule has 0 bridgehead atoms. The Kier molecular flexibility index (Phi) is 4.40. The Morgan fingerprint density at radius 1 is 1.28 bits per heavy atom. The predicted molar refractivity (Wildman–Crippen MR) is 93.1 cm³/mol. The molecule has 8 nitrogen and oxygen atoms in total.